The summed E-state index contributed by atoms with van der Waals surface area (Å²) in [5, 5.41) is 21.9. The van der Waals surface area contributed by atoms with Crippen LogP contribution in [0.5, 0.6) is 11.5 Å². The number of phenols is 1. The van der Waals surface area contributed by atoms with Crippen LogP contribution in [0.15, 0.2) is 132 Å². The highest BCUT2D eigenvalue weighted by molar-refractivity contribution is 5.94. The van der Waals surface area contributed by atoms with Gasteiger partial charge in [-0.15, -0.1) is 0 Å². The first-order valence-corrected chi connectivity index (χ1v) is 22.3. The highest BCUT2D eigenvalue weighted by Crippen LogP contribution is 2.34. The number of rotatable bonds is 18. The lowest BCUT2D eigenvalue weighted by Gasteiger charge is -2.44. The fraction of sp³-hybridized carbons (Fsp3) is 0.340. The number of aliphatic hydroxyl groups excluding tert-OH is 1. The van der Waals surface area contributed by atoms with Gasteiger partial charge in [0.15, 0.2) is 0 Å². The first-order valence-electron chi connectivity index (χ1n) is 22.3. The molecule has 5 aromatic carbocycles. The lowest BCUT2D eigenvalue weighted by atomic mass is 9.85. The van der Waals surface area contributed by atoms with Gasteiger partial charge in [-0.2, -0.15) is 0 Å². The molecule has 3 aliphatic heterocycles. The first-order chi connectivity index (χ1) is 30.7. The second-order valence-electron chi connectivity index (χ2n) is 17.3. The molecule has 3 atom stereocenters. The summed E-state index contributed by atoms with van der Waals surface area (Å²) >= 11 is 0. The van der Waals surface area contributed by atoms with E-state index in [-0.39, 0.29) is 41.6 Å². The number of aromatic hydroxyl groups is 1. The van der Waals surface area contributed by atoms with Crippen molar-refractivity contribution in [1.29, 1.82) is 0 Å². The third-order valence-corrected chi connectivity index (χ3v) is 12.8. The number of carbonyl (C=O) groups excluding carboxylic acids is 2. The number of unbranched alkanes of at least 4 members (excludes halogenated alkanes) is 2. The summed E-state index contributed by atoms with van der Waals surface area (Å²) in [5.74, 6) is 0.714. The molecule has 0 saturated carbocycles. The Balaban J connectivity index is 0.877. The molecule has 0 spiro atoms. The first kappa shape index (κ1) is 43.4. The van der Waals surface area contributed by atoms with E-state index < -0.39 is 6.10 Å². The molecule has 3 fully saturated rings. The van der Waals surface area contributed by atoms with Crippen molar-refractivity contribution in [1.82, 2.24) is 14.8 Å². The molecule has 6 aromatic rings. The molecule has 1 aromatic heterocycles. The van der Waals surface area contributed by atoms with Gasteiger partial charge in [0.1, 0.15) is 24.2 Å². The molecule has 0 unspecified atom stereocenters. The second kappa shape index (κ2) is 20.3. The number of aliphatic hydroxyl groups is 1. The Morgan fingerprint density at radius 3 is 2.32 bits per heavy atom. The van der Waals surface area contributed by atoms with E-state index in [1.165, 1.54) is 12.1 Å². The van der Waals surface area contributed by atoms with E-state index in [4.69, 9.17) is 9.47 Å². The van der Waals surface area contributed by atoms with Gasteiger partial charge >= 0.3 is 5.97 Å². The minimum atomic E-state index is -0.766. The van der Waals surface area contributed by atoms with Gasteiger partial charge in [-0.1, -0.05) is 103 Å². The molecular weight excluding hydrogens is 791 g/mol. The van der Waals surface area contributed by atoms with Crippen molar-refractivity contribution in [2.45, 2.75) is 83.1 Å². The lowest BCUT2D eigenvalue weighted by Crippen LogP contribution is -2.52. The topological polar surface area (TPSA) is 132 Å². The van der Waals surface area contributed by atoms with Gasteiger partial charge in [0.25, 0.3) is 5.91 Å². The predicted octanol–water partition coefficient (Wildman–Crippen LogP) is 9.22. The van der Waals surface area contributed by atoms with Crippen LogP contribution in [0.4, 0.5) is 0 Å². The number of phenolic OH excluding ortho intramolecular Hbond substituents is 1. The van der Waals surface area contributed by atoms with Crippen LogP contribution in [0.25, 0.3) is 10.9 Å². The Kier molecular flexibility index (Phi) is 14.0. The van der Waals surface area contributed by atoms with E-state index in [1.807, 2.05) is 78.6 Å². The zero-order valence-corrected chi connectivity index (χ0v) is 36.0. The molecule has 2 bridgehead atoms. The summed E-state index contributed by atoms with van der Waals surface area (Å²) in [6, 6.07) is 40.1. The average Bonchev–Trinajstić information content (AvgIpc) is 3.31. The Morgan fingerprint density at radius 1 is 0.825 bits per heavy atom. The van der Waals surface area contributed by atoms with Gasteiger partial charge in [-0.25, -0.2) is 0 Å². The van der Waals surface area contributed by atoms with Crippen LogP contribution < -0.4 is 10.3 Å². The van der Waals surface area contributed by atoms with Gasteiger partial charge in [-0.05, 0) is 116 Å². The predicted molar refractivity (Wildman–Crippen MR) is 245 cm³/mol. The van der Waals surface area contributed by atoms with Crippen LogP contribution >= 0.6 is 0 Å². The van der Waals surface area contributed by atoms with Gasteiger partial charge in [0, 0.05) is 42.6 Å². The minimum Gasteiger partial charge on any atom is -0.506 e. The molecule has 0 radical (unpaired) electrons. The quantitative estimate of drug-likeness (QED) is 0.0577. The maximum absolute atomic E-state index is 14.1. The molecule has 4 heterocycles. The second-order valence-corrected chi connectivity index (χ2v) is 17.3. The number of aromatic amines is 1. The normalized spacial score (nSPS) is 17.8. The van der Waals surface area contributed by atoms with Crippen LogP contribution in [0, 0.1) is 12.8 Å². The number of piperidine rings is 3. The number of hydrogen-bond donors (Lipinski definition) is 3. The Labute approximate surface area is 369 Å². The number of aromatic nitrogens is 1. The number of amides is 1. The Morgan fingerprint density at radius 2 is 1.57 bits per heavy atom. The zero-order valence-electron chi connectivity index (χ0n) is 36.0. The van der Waals surface area contributed by atoms with Crippen LogP contribution in [0.1, 0.15) is 101 Å². The maximum atomic E-state index is 14.1. The fourth-order valence-corrected chi connectivity index (χ4v) is 9.14. The van der Waals surface area contributed by atoms with Crippen LogP contribution in [-0.2, 0) is 22.7 Å². The molecule has 9 rings (SSSR count). The maximum Gasteiger partial charge on any atom is 0.307 e. The van der Waals surface area contributed by atoms with E-state index in [2.05, 4.69) is 46.3 Å². The molecule has 326 valence electrons. The summed E-state index contributed by atoms with van der Waals surface area (Å²) < 4.78 is 12.4. The van der Waals surface area contributed by atoms with Crippen molar-refractivity contribution in [3.05, 3.63) is 177 Å². The van der Waals surface area contributed by atoms with Gasteiger partial charge in [0.05, 0.1) is 18.0 Å². The summed E-state index contributed by atoms with van der Waals surface area (Å²) in [6.07, 6.45) is 4.43. The van der Waals surface area contributed by atoms with Crippen molar-refractivity contribution in [2.24, 2.45) is 5.92 Å². The van der Waals surface area contributed by atoms with Gasteiger partial charge in [0.2, 0.25) is 5.56 Å². The number of nitrogens with one attached hydrogen (secondary N) is 1. The molecular formula is C53H57N3O7. The number of H-pyrrole nitrogens is 1. The number of nitrogens with zero attached hydrogens (tertiary/aromatic N) is 2. The molecule has 10 nitrogen and oxygen atoms in total. The van der Waals surface area contributed by atoms with Gasteiger partial charge < -0.3 is 29.6 Å². The Hall–Kier alpha value is -6.23. The van der Waals surface area contributed by atoms with E-state index in [1.54, 1.807) is 12.1 Å². The standard InChI is InChI=1S/C53H57N3O7/c1-36-14-16-37(17-15-36)33-56(28-7-3-6-13-47(57)44-22-24-48(58)52-45(44)23-25-50(59)54-52)53(61)41-20-18-38(19-21-41)35-62-43-12-8-11-42(31-43)46(39-9-4-2-5-10-39)32-51(60)63-49-34-55-29-26-40(49)27-30-55/h2,4-5,8-12,14-25,31,40,46-47,49,57-58H,3,6-7,13,26-30,32-35H2,1H3,(H,54,59)/t46-,47-,49-/m0/s1. The third-order valence-electron chi connectivity index (χ3n) is 12.8. The summed E-state index contributed by atoms with van der Waals surface area (Å²) in [5.41, 5.74) is 6.42. The van der Waals surface area contributed by atoms with Crippen LogP contribution in [-0.4, -0.2) is 69.2 Å². The van der Waals surface area contributed by atoms with Crippen molar-refractivity contribution in [3.8, 4) is 11.5 Å². The van der Waals surface area contributed by atoms with Gasteiger partial charge in [-0.3, -0.25) is 19.3 Å². The SMILES string of the molecule is Cc1ccc(CN(CCCCC[C@H](O)c2ccc(O)c3[nH]c(=O)ccc23)C(=O)c2ccc(COc3cccc([C@@H](CC(=O)O[C@H]4CN5CCC4CC5)c4ccccc4)c3)cc2)cc1. The molecule has 3 N–H and O–H groups in total. The largest absolute Gasteiger partial charge is 0.506 e. The van der Waals surface area contributed by atoms with Crippen LogP contribution in [0.2, 0.25) is 0 Å². The molecule has 63 heavy (non-hydrogen) atoms. The lowest BCUT2D eigenvalue weighted by molar-refractivity contribution is -0.159. The van der Waals surface area contributed by atoms with Crippen molar-refractivity contribution < 1.29 is 29.3 Å². The molecule has 3 aliphatic rings. The number of esters is 1. The number of aryl methyl sites for hydroxylation is 1. The van der Waals surface area contributed by atoms with Crippen molar-refractivity contribution in [3.63, 3.8) is 0 Å². The van der Waals surface area contributed by atoms with Crippen molar-refractivity contribution >= 4 is 22.8 Å². The van der Waals surface area contributed by atoms with Crippen molar-refractivity contribution in [2.75, 3.05) is 26.2 Å². The molecule has 1 amide bonds. The number of pyridine rings is 1. The van der Waals surface area contributed by atoms with E-state index in [0.717, 1.165) is 79.6 Å². The molecule has 0 aliphatic carbocycles. The number of hydrogen-bond acceptors (Lipinski definition) is 8. The molecule has 10 heteroatoms. The number of carbonyl (C=O) groups is 2. The number of benzene rings is 5. The Bertz CT molecular complexity index is 2530. The molecule has 3 saturated heterocycles. The highest BCUT2D eigenvalue weighted by atomic mass is 16.5. The van der Waals surface area contributed by atoms with E-state index in [9.17, 15) is 24.6 Å². The number of ether oxygens (including phenoxy) is 2. The minimum absolute atomic E-state index is 0.0299. The third kappa shape index (κ3) is 11.1. The smallest absolute Gasteiger partial charge is 0.307 e. The van der Waals surface area contributed by atoms with Crippen LogP contribution in [0.3, 0.4) is 0 Å². The van der Waals surface area contributed by atoms with E-state index >= 15 is 0 Å². The summed E-state index contributed by atoms with van der Waals surface area (Å²) in [6.45, 7) is 6.41. The average molecular weight is 848 g/mol. The highest BCUT2D eigenvalue weighted by Gasteiger charge is 2.37. The number of fused-ring (bicyclic) bond motifs is 4. The monoisotopic (exact) mass is 847 g/mol. The summed E-state index contributed by atoms with van der Waals surface area (Å²) in [4.78, 5) is 46.3. The summed E-state index contributed by atoms with van der Waals surface area (Å²) in [7, 11) is 0. The fourth-order valence-electron chi connectivity index (χ4n) is 9.14. The van der Waals surface area contributed by atoms with E-state index in [0.29, 0.717) is 59.8 Å². The zero-order chi connectivity index (χ0) is 43.7.